The minimum atomic E-state index is 0.660. The van der Waals surface area contributed by atoms with Crippen molar-refractivity contribution in [3.05, 3.63) is 44.3 Å². The molecule has 2 N–H and O–H groups in total. The summed E-state index contributed by atoms with van der Waals surface area (Å²) in [5.41, 5.74) is 9.30. The largest absolute Gasteiger partial charge is 0.368 e. The second-order valence-electron chi connectivity index (χ2n) is 4.53. The van der Waals surface area contributed by atoms with Crippen LogP contribution in [-0.4, -0.2) is 18.6 Å². The lowest BCUT2D eigenvalue weighted by atomic mass is 10.1. The summed E-state index contributed by atoms with van der Waals surface area (Å²) in [4.78, 5) is 6.74. The van der Waals surface area contributed by atoms with E-state index in [1.165, 1.54) is 11.3 Å². The molecule has 1 aromatic carbocycles. The Hall–Kier alpha value is -0.910. The first-order chi connectivity index (χ1) is 9.10. The first-order valence-corrected chi connectivity index (χ1v) is 7.88. The highest BCUT2D eigenvalue weighted by molar-refractivity contribution is 9.10. The predicted octanol–water partition coefficient (Wildman–Crippen LogP) is 3.35. The number of aryl methyl sites for hydroxylation is 1. The third-order valence-electron chi connectivity index (χ3n) is 2.93. The van der Waals surface area contributed by atoms with Crippen molar-refractivity contribution in [2.24, 2.45) is 5.73 Å². The Morgan fingerprint density at radius 1 is 1.42 bits per heavy atom. The van der Waals surface area contributed by atoms with Crippen LogP contribution in [-0.2, 0) is 13.0 Å². The third kappa shape index (κ3) is 3.78. The zero-order valence-electron chi connectivity index (χ0n) is 11.2. The van der Waals surface area contributed by atoms with Gasteiger partial charge >= 0.3 is 0 Å². The van der Waals surface area contributed by atoms with E-state index in [1.807, 2.05) is 6.92 Å². The Bertz CT molecular complexity index is 553. The van der Waals surface area contributed by atoms with Crippen molar-refractivity contribution in [1.82, 2.24) is 4.98 Å². The average Bonchev–Trinajstić information content (AvgIpc) is 2.75. The number of nitrogens with zero attached hydrogens (tertiary/aromatic N) is 2. The van der Waals surface area contributed by atoms with E-state index < -0.39 is 0 Å². The Morgan fingerprint density at radius 3 is 2.84 bits per heavy atom. The monoisotopic (exact) mass is 339 g/mol. The van der Waals surface area contributed by atoms with E-state index in [-0.39, 0.29) is 0 Å². The number of nitrogens with two attached hydrogens (primary N) is 1. The number of benzene rings is 1. The molecule has 0 aliphatic rings. The quantitative estimate of drug-likeness (QED) is 0.908. The lowest BCUT2D eigenvalue weighted by molar-refractivity contribution is 0.870. The summed E-state index contributed by atoms with van der Waals surface area (Å²) in [5, 5.41) is 3.23. The Morgan fingerprint density at radius 2 is 2.21 bits per heavy atom. The highest BCUT2D eigenvalue weighted by Gasteiger charge is 2.09. The van der Waals surface area contributed by atoms with E-state index in [1.54, 1.807) is 11.3 Å². The molecule has 0 atom stereocenters. The molecule has 0 bridgehead atoms. The third-order valence-corrected chi connectivity index (χ3v) is 4.25. The standard InChI is InChI=1S/C14H18BrN3S/c1-10-17-13(9-19-10)8-18(2)14-4-3-12(15)7-11(14)5-6-16/h3-4,7,9H,5-6,8,16H2,1-2H3. The van der Waals surface area contributed by atoms with Crippen molar-refractivity contribution in [1.29, 1.82) is 0 Å². The zero-order chi connectivity index (χ0) is 13.8. The fourth-order valence-corrected chi connectivity index (χ4v) is 3.10. The molecule has 0 unspecified atom stereocenters. The summed E-state index contributed by atoms with van der Waals surface area (Å²) in [6.45, 7) is 3.52. The van der Waals surface area contributed by atoms with Crippen molar-refractivity contribution in [2.75, 3.05) is 18.5 Å². The van der Waals surface area contributed by atoms with Gasteiger partial charge in [0, 0.05) is 22.6 Å². The molecule has 0 amide bonds. The van der Waals surface area contributed by atoms with Crippen LogP contribution in [0, 0.1) is 6.92 Å². The summed E-state index contributed by atoms with van der Waals surface area (Å²) in [6.07, 6.45) is 0.884. The summed E-state index contributed by atoms with van der Waals surface area (Å²) in [7, 11) is 2.10. The first-order valence-electron chi connectivity index (χ1n) is 6.21. The molecule has 1 aromatic heterocycles. The molecule has 3 nitrogen and oxygen atoms in total. The van der Waals surface area contributed by atoms with Gasteiger partial charge in [-0.15, -0.1) is 11.3 Å². The number of aromatic nitrogens is 1. The van der Waals surface area contributed by atoms with E-state index in [4.69, 9.17) is 5.73 Å². The Balaban J connectivity index is 2.20. The van der Waals surface area contributed by atoms with Gasteiger partial charge in [-0.3, -0.25) is 0 Å². The number of anilines is 1. The van der Waals surface area contributed by atoms with Crippen molar-refractivity contribution >= 4 is 33.0 Å². The molecule has 102 valence electrons. The van der Waals surface area contributed by atoms with E-state index in [2.05, 4.69) is 56.4 Å². The van der Waals surface area contributed by atoms with Gasteiger partial charge in [-0.05, 0) is 43.7 Å². The van der Waals surface area contributed by atoms with Crippen molar-refractivity contribution < 1.29 is 0 Å². The van der Waals surface area contributed by atoms with Gasteiger partial charge in [0.2, 0.25) is 0 Å². The van der Waals surface area contributed by atoms with Crippen molar-refractivity contribution in [2.45, 2.75) is 19.9 Å². The van der Waals surface area contributed by atoms with E-state index >= 15 is 0 Å². The normalized spacial score (nSPS) is 10.7. The maximum atomic E-state index is 5.69. The molecular weight excluding hydrogens is 322 g/mol. The molecule has 1 heterocycles. The van der Waals surface area contributed by atoms with E-state index in [0.29, 0.717) is 6.54 Å². The molecule has 5 heteroatoms. The van der Waals surface area contributed by atoms with Crippen LogP contribution in [0.25, 0.3) is 0 Å². The SMILES string of the molecule is Cc1nc(CN(C)c2ccc(Br)cc2CCN)cs1. The van der Waals surface area contributed by atoms with Crippen LogP contribution in [0.5, 0.6) is 0 Å². The van der Waals surface area contributed by atoms with E-state index in [9.17, 15) is 0 Å². The van der Waals surface area contributed by atoms with Gasteiger partial charge < -0.3 is 10.6 Å². The fraction of sp³-hybridized carbons (Fsp3) is 0.357. The second-order valence-corrected chi connectivity index (χ2v) is 6.50. The summed E-state index contributed by atoms with van der Waals surface area (Å²) in [6, 6.07) is 6.34. The highest BCUT2D eigenvalue weighted by Crippen LogP contribution is 2.25. The van der Waals surface area contributed by atoms with Gasteiger partial charge in [0.05, 0.1) is 17.2 Å². The van der Waals surface area contributed by atoms with E-state index in [0.717, 1.165) is 28.1 Å². The van der Waals surface area contributed by atoms with Crippen LogP contribution >= 0.6 is 27.3 Å². The Labute approximate surface area is 126 Å². The van der Waals surface area contributed by atoms with Crippen molar-refractivity contribution in [3.8, 4) is 0 Å². The van der Waals surface area contributed by atoms with Gasteiger partial charge in [0.25, 0.3) is 0 Å². The smallest absolute Gasteiger partial charge is 0.0898 e. The van der Waals surface area contributed by atoms with Gasteiger partial charge in [0.1, 0.15) is 0 Å². The molecule has 0 spiro atoms. The summed E-state index contributed by atoms with van der Waals surface area (Å²) < 4.78 is 1.10. The van der Waals surface area contributed by atoms with Crippen LogP contribution in [0.3, 0.4) is 0 Å². The van der Waals surface area contributed by atoms with Crippen molar-refractivity contribution in [3.63, 3.8) is 0 Å². The predicted molar refractivity (Wildman–Crippen MR) is 85.9 cm³/mol. The number of thiazole rings is 1. The van der Waals surface area contributed by atoms with Crippen LogP contribution < -0.4 is 10.6 Å². The summed E-state index contributed by atoms with van der Waals surface area (Å²) in [5.74, 6) is 0. The minimum Gasteiger partial charge on any atom is -0.368 e. The topological polar surface area (TPSA) is 42.2 Å². The lowest BCUT2D eigenvalue weighted by Gasteiger charge is -2.22. The number of halogens is 1. The minimum absolute atomic E-state index is 0.660. The molecule has 2 aromatic rings. The maximum absolute atomic E-state index is 5.69. The van der Waals surface area contributed by atoms with Gasteiger partial charge in [-0.25, -0.2) is 4.98 Å². The molecule has 0 saturated heterocycles. The molecule has 19 heavy (non-hydrogen) atoms. The van der Waals surface area contributed by atoms with Crippen LogP contribution in [0.2, 0.25) is 0 Å². The molecule has 0 fully saturated rings. The fourth-order valence-electron chi connectivity index (χ4n) is 2.09. The molecule has 0 aliphatic heterocycles. The lowest BCUT2D eigenvalue weighted by Crippen LogP contribution is -2.19. The van der Waals surface area contributed by atoms with Gasteiger partial charge in [0.15, 0.2) is 0 Å². The molecule has 0 saturated carbocycles. The zero-order valence-corrected chi connectivity index (χ0v) is 13.6. The maximum Gasteiger partial charge on any atom is 0.0898 e. The Kier molecular flexibility index (Phi) is 4.96. The van der Waals surface area contributed by atoms with Gasteiger partial charge in [-0.1, -0.05) is 15.9 Å². The highest BCUT2D eigenvalue weighted by atomic mass is 79.9. The number of hydrogen-bond donors (Lipinski definition) is 1. The molecule has 0 radical (unpaired) electrons. The molecule has 0 aliphatic carbocycles. The molecule has 2 rings (SSSR count). The average molecular weight is 340 g/mol. The van der Waals surface area contributed by atoms with Crippen LogP contribution in [0.1, 0.15) is 16.3 Å². The number of hydrogen-bond acceptors (Lipinski definition) is 4. The van der Waals surface area contributed by atoms with Crippen LogP contribution in [0.4, 0.5) is 5.69 Å². The number of rotatable bonds is 5. The second kappa shape index (κ2) is 6.50. The summed E-state index contributed by atoms with van der Waals surface area (Å²) >= 11 is 5.21. The molecular formula is C14H18BrN3S. The van der Waals surface area contributed by atoms with Gasteiger partial charge in [-0.2, -0.15) is 0 Å². The van der Waals surface area contributed by atoms with Crippen LogP contribution in [0.15, 0.2) is 28.1 Å². The first kappa shape index (κ1) is 14.5.